The van der Waals surface area contributed by atoms with Gasteiger partial charge in [-0.1, -0.05) is 11.3 Å². The van der Waals surface area contributed by atoms with Gasteiger partial charge in [-0.05, 0) is 12.8 Å². The summed E-state index contributed by atoms with van der Waals surface area (Å²) in [7, 11) is 0. The third kappa shape index (κ3) is 5.66. The minimum absolute atomic E-state index is 0.182. The van der Waals surface area contributed by atoms with Crippen molar-refractivity contribution in [3.63, 3.8) is 0 Å². The quantitative estimate of drug-likeness (QED) is 0.453. The summed E-state index contributed by atoms with van der Waals surface area (Å²) in [4.78, 5) is 22.2. The van der Waals surface area contributed by atoms with Crippen LogP contribution >= 0.6 is 0 Å². The number of aromatic nitrogens is 3. The largest absolute Gasteiger partial charge is 0.480 e. The molecule has 0 fully saturated rings. The lowest BCUT2D eigenvalue weighted by molar-refractivity contribution is -0.139. The predicted molar refractivity (Wildman–Crippen MR) is 67.4 cm³/mol. The van der Waals surface area contributed by atoms with E-state index in [2.05, 4.69) is 27.5 Å². The molecular formula is C11H17N5O3. The van der Waals surface area contributed by atoms with Crippen LogP contribution in [0.2, 0.25) is 0 Å². The average Bonchev–Trinajstić information content (AvgIpc) is 2.87. The smallest absolute Gasteiger partial charge is 0.326 e. The van der Waals surface area contributed by atoms with E-state index in [0.717, 1.165) is 0 Å². The van der Waals surface area contributed by atoms with Gasteiger partial charge in [-0.25, -0.2) is 9.59 Å². The molecule has 0 aliphatic rings. The van der Waals surface area contributed by atoms with E-state index in [0.29, 0.717) is 19.5 Å². The maximum atomic E-state index is 11.4. The van der Waals surface area contributed by atoms with Crippen LogP contribution in [0.25, 0.3) is 0 Å². The molecule has 1 atom stereocenters. The SMILES string of the molecule is C=CCC(NC(=O)NCCCn1ccnn1)C(=O)O. The number of aliphatic carboxylic acids is 1. The van der Waals surface area contributed by atoms with Crippen molar-refractivity contribution in [1.82, 2.24) is 25.6 Å². The molecular weight excluding hydrogens is 250 g/mol. The van der Waals surface area contributed by atoms with Crippen LogP contribution in [0, 0.1) is 0 Å². The second kappa shape index (κ2) is 7.85. The number of carboxylic acid groups (broad SMARTS) is 1. The fraction of sp³-hybridized carbons (Fsp3) is 0.455. The van der Waals surface area contributed by atoms with Crippen molar-refractivity contribution in [2.75, 3.05) is 6.54 Å². The molecule has 3 N–H and O–H groups in total. The van der Waals surface area contributed by atoms with Crippen molar-refractivity contribution in [3.8, 4) is 0 Å². The first kappa shape index (κ1) is 14.7. The number of aryl methyl sites for hydroxylation is 1. The summed E-state index contributed by atoms with van der Waals surface area (Å²) in [5.74, 6) is -1.09. The lowest BCUT2D eigenvalue weighted by Crippen LogP contribution is -2.46. The molecule has 0 radical (unpaired) electrons. The van der Waals surface area contributed by atoms with Crippen molar-refractivity contribution in [2.24, 2.45) is 0 Å². The third-order valence-electron chi connectivity index (χ3n) is 2.33. The number of hydrogen-bond acceptors (Lipinski definition) is 4. The maximum absolute atomic E-state index is 11.4. The van der Waals surface area contributed by atoms with Crippen molar-refractivity contribution in [3.05, 3.63) is 25.0 Å². The zero-order valence-electron chi connectivity index (χ0n) is 10.5. The average molecular weight is 267 g/mol. The second-order valence-corrected chi connectivity index (χ2v) is 3.84. The van der Waals surface area contributed by atoms with E-state index in [9.17, 15) is 9.59 Å². The second-order valence-electron chi connectivity index (χ2n) is 3.84. The van der Waals surface area contributed by atoms with Gasteiger partial charge in [0.15, 0.2) is 0 Å². The Morgan fingerprint density at radius 2 is 2.32 bits per heavy atom. The number of carbonyl (C=O) groups is 2. The van der Waals surface area contributed by atoms with E-state index < -0.39 is 18.0 Å². The molecule has 0 aromatic carbocycles. The molecule has 2 amide bonds. The van der Waals surface area contributed by atoms with Crippen LogP contribution in [-0.4, -0.2) is 44.7 Å². The van der Waals surface area contributed by atoms with E-state index in [-0.39, 0.29) is 6.42 Å². The van der Waals surface area contributed by atoms with Gasteiger partial charge in [0.25, 0.3) is 0 Å². The molecule has 1 unspecified atom stereocenters. The molecule has 8 heteroatoms. The molecule has 0 aliphatic carbocycles. The molecule has 8 nitrogen and oxygen atoms in total. The highest BCUT2D eigenvalue weighted by molar-refractivity contribution is 5.82. The number of urea groups is 1. The Labute approximate surface area is 110 Å². The number of nitrogens with one attached hydrogen (secondary N) is 2. The zero-order valence-corrected chi connectivity index (χ0v) is 10.5. The molecule has 1 heterocycles. The lowest BCUT2D eigenvalue weighted by atomic mass is 10.2. The normalized spacial score (nSPS) is 11.6. The van der Waals surface area contributed by atoms with E-state index >= 15 is 0 Å². The van der Waals surface area contributed by atoms with Crippen molar-refractivity contribution in [2.45, 2.75) is 25.4 Å². The molecule has 0 aliphatic heterocycles. The van der Waals surface area contributed by atoms with Gasteiger partial charge in [-0.2, -0.15) is 0 Å². The molecule has 19 heavy (non-hydrogen) atoms. The minimum Gasteiger partial charge on any atom is -0.480 e. The summed E-state index contributed by atoms with van der Waals surface area (Å²) in [5, 5.41) is 21.2. The van der Waals surface area contributed by atoms with Crippen LogP contribution in [0.4, 0.5) is 4.79 Å². The molecule has 0 saturated carbocycles. The lowest BCUT2D eigenvalue weighted by Gasteiger charge is -2.13. The Bertz CT molecular complexity index is 418. The Balaban J connectivity index is 2.19. The Morgan fingerprint density at radius 1 is 1.53 bits per heavy atom. The van der Waals surface area contributed by atoms with Crippen LogP contribution in [0.5, 0.6) is 0 Å². The van der Waals surface area contributed by atoms with E-state index in [1.807, 2.05) is 0 Å². The van der Waals surface area contributed by atoms with Crippen LogP contribution in [0.3, 0.4) is 0 Å². The highest BCUT2D eigenvalue weighted by Crippen LogP contribution is 1.93. The predicted octanol–water partition coefficient (Wildman–Crippen LogP) is -0.00330. The fourth-order valence-corrected chi connectivity index (χ4v) is 1.39. The van der Waals surface area contributed by atoms with Crippen LogP contribution in [0.1, 0.15) is 12.8 Å². The molecule has 104 valence electrons. The molecule has 1 aromatic rings. The van der Waals surface area contributed by atoms with Gasteiger partial charge in [-0.3, -0.25) is 4.68 Å². The summed E-state index contributed by atoms with van der Waals surface area (Å²) in [6.07, 6.45) is 5.61. The van der Waals surface area contributed by atoms with Gasteiger partial charge >= 0.3 is 12.0 Å². The number of nitrogens with zero attached hydrogens (tertiary/aromatic N) is 3. The maximum Gasteiger partial charge on any atom is 0.326 e. The first-order chi connectivity index (χ1) is 9.13. The highest BCUT2D eigenvalue weighted by Gasteiger charge is 2.17. The molecule has 0 bridgehead atoms. The molecule has 0 spiro atoms. The first-order valence-electron chi connectivity index (χ1n) is 5.85. The summed E-state index contributed by atoms with van der Waals surface area (Å²) in [6.45, 7) is 4.50. The van der Waals surface area contributed by atoms with Crippen molar-refractivity contribution < 1.29 is 14.7 Å². The highest BCUT2D eigenvalue weighted by atomic mass is 16.4. The van der Waals surface area contributed by atoms with E-state index in [4.69, 9.17) is 5.11 Å². The number of carbonyl (C=O) groups excluding carboxylic acids is 1. The van der Waals surface area contributed by atoms with Crippen molar-refractivity contribution >= 4 is 12.0 Å². The van der Waals surface area contributed by atoms with Gasteiger partial charge in [0.2, 0.25) is 0 Å². The Hall–Kier alpha value is -2.38. The molecule has 1 rings (SSSR count). The van der Waals surface area contributed by atoms with Gasteiger partial charge in [0.1, 0.15) is 6.04 Å². The van der Waals surface area contributed by atoms with Crippen molar-refractivity contribution in [1.29, 1.82) is 0 Å². The Morgan fingerprint density at radius 3 is 2.89 bits per heavy atom. The Kier molecular flexibility index (Phi) is 6.07. The van der Waals surface area contributed by atoms with Gasteiger partial charge in [-0.15, -0.1) is 11.7 Å². The summed E-state index contributed by atoms with van der Waals surface area (Å²) >= 11 is 0. The molecule has 0 saturated heterocycles. The summed E-state index contributed by atoms with van der Waals surface area (Å²) in [6, 6.07) is -1.46. The van der Waals surface area contributed by atoms with Gasteiger partial charge in [0.05, 0.1) is 6.20 Å². The van der Waals surface area contributed by atoms with Crippen LogP contribution < -0.4 is 10.6 Å². The van der Waals surface area contributed by atoms with Crippen LogP contribution in [0.15, 0.2) is 25.0 Å². The van der Waals surface area contributed by atoms with Gasteiger partial charge < -0.3 is 15.7 Å². The van der Waals surface area contributed by atoms with Gasteiger partial charge in [0, 0.05) is 19.3 Å². The minimum atomic E-state index is -1.09. The fourth-order valence-electron chi connectivity index (χ4n) is 1.39. The topological polar surface area (TPSA) is 109 Å². The number of amides is 2. The number of rotatable bonds is 8. The van der Waals surface area contributed by atoms with E-state index in [1.54, 1.807) is 17.1 Å². The molecule has 1 aromatic heterocycles. The summed E-state index contributed by atoms with van der Waals surface area (Å²) in [5.41, 5.74) is 0. The standard InChI is InChI=1S/C11H17N5O3/c1-2-4-9(10(17)18)14-11(19)12-5-3-7-16-8-6-13-15-16/h2,6,8-9H,1,3-5,7H2,(H,17,18)(H2,12,14,19). The monoisotopic (exact) mass is 267 g/mol. The van der Waals surface area contributed by atoms with E-state index in [1.165, 1.54) is 6.08 Å². The number of carboxylic acids is 1. The first-order valence-corrected chi connectivity index (χ1v) is 5.85. The number of hydrogen-bond donors (Lipinski definition) is 3. The zero-order chi connectivity index (χ0) is 14.1. The summed E-state index contributed by atoms with van der Waals surface area (Å²) < 4.78 is 1.65. The van der Waals surface area contributed by atoms with Crippen LogP contribution in [-0.2, 0) is 11.3 Å². The third-order valence-corrected chi connectivity index (χ3v) is 2.33.